The Hall–Kier alpha value is -3.23. The predicted octanol–water partition coefficient (Wildman–Crippen LogP) is 4.72. The number of ketones is 1. The van der Waals surface area contributed by atoms with Crippen LogP contribution in [0.1, 0.15) is 103 Å². The molecule has 10 nitrogen and oxygen atoms in total. The van der Waals surface area contributed by atoms with E-state index in [0.29, 0.717) is 36.4 Å². The van der Waals surface area contributed by atoms with E-state index in [1.807, 2.05) is 0 Å². The number of methoxy groups -OCH3 is 1. The topological polar surface area (TPSA) is 163 Å². The van der Waals surface area contributed by atoms with Gasteiger partial charge in [0.05, 0.1) is 13.0 Å². The molecule has 1 unspecified atom stereocenters. The predicted molar refractivity (Wildman–Crippen MR) is 177 cm³/mol. The van der Waals surface area contributed by atoms with Gasteiger partial charge in [0.25, 0.3) is 0 Å². The maximum atomic E-state index is 12.6. The lowest BCUT2D eigenvalue weighted by molar-refractivity contribution is -0.171. The molecule has 4 atom stereocenters. The van der Waals surface area contributed by atoms with E-state index < -0.39 is 48.8 Å². The van der Waals surface area contributed by atoms with Crippen LogP contribution in [0.4, 0.5) is 0 Å². The molecule has 0 heterocycles. The maximum Gasteiger partial charge on any atom is 0.336 e. The number of carbonyl (C=O) groups excluding carboxylic acids is 2. The fourth-order valence-corrected chi connectivity index (χ4v) is 5.16. The molecule has 0 aromatic heterocycles. The summed E-state index contributed by atoms with van der Waals surface area (Å²) in [6.07, 6.45) is 11.8. The minimum absolute atomic E-state index is 0.0993. The fraction of sp³-hybridized carbons (Fsp3) is 0.639. The first kappa shape index (κ1) is 40.8. The summed E-state index contributed by atoms with van der Waals surface area (Å²) in [5, 5.41) is 44.4. The van der Waals surface area contributed by atoms with Gasteiger partial charge in [0.2, 0.25) is 0 Å². The number of carboxylic acids is 1. The number of unbranched alkanes of at least 4 members (excludes halogenated alkanes) is 8. The van der Waals surface area contributed by atoms with Gasteiger partial charge in [-0.15, -0.1) is 5.92 Å². The summed E-state index contributed by atoms with van der Waals surface area (Å²) in [4.78, 5) is 36.9. The van der Waals surface area contributed by atoms with Gasteiger partial charge in [0.15, 0.2) is 5.60 Å². The van der Waals surface area contributed by atoms with Gasteiger partial charge < -0.3 is 29.9 Å². The SMILES string of the molecule is CC#CCOc1ccc(C[C@H](NC(O)[C@@H](/C=C/CCCCCCC(=O)CCCCCCC)[C@@](O)(CCO)C(=O)O)C(=O)OC)cc1. The summed E-state index contributed by atoms with van der Waals surface area (Å²) in [7, 11) is 1.20. The monoisotopic (exact) mass is 645 g/mol. The molecular weight excluding hydrogens is 590 g/mol. The second kappa shape index (κ2) is 24.0. The maximum absolute atomic E-state index is 12.6. The van der Waals surface area contributed by atoms with Gasteiger partial charge in [0, 0.05) is 25.9 Å². The highest BCUT2D eigenvalue weighted by Crippen LogP contribution is 2.27. The molecule has 1 rings (SSSR count). The lowest BCUT2D eigenvalue weighted by atomic mass is 9.82. The molecule has 0 saturated carbocycles. The van der Waals surface area contributed by atoms with Crippen molar-refractivity contribution in [2.24, 2.45) is 5.92 Å². The quantitative estimate of drug-likeness (QED) is 0.0313. The fourth-order valence-electron chi connectivity index (χ4n) is 5.16. The Morgan fingerprint density at radius 3 is 2.20 bits per heavy atom. The molecule has 0 radical (unpaired) electrons. The van der Waals surface area contributed by atoms with Gasteiger partial charge in [-0.05, 0) is 56.7 Å². The zero-order chi connectivity index (χ0) is 34.2. The van der Waals surface area contributed by atoms with Crippen molar-refractivity contribution in [1.29, 1.82) is 0 Å². The molecule has 0 aliphatic heterocycles. The number of benzene rings is 1. The van der Waals surface area contributed by atoms with Crippen molar-refractivity contribution in [1.82, 2.24) is 5.32 Å². The van der Waals surface area contributed by atoms with E-state index in [1.165, 1.54) is 32.4 Å². The van der Waals surface area contributed by atoms with Crippen molar-refractivity contribution in [2.75, 3.05) is 20.3 Å². The number of rotatable bonds is 26. The number of carboxylic acid groups (broad SMARTS) is 1. The molecule has 46 heavy (non-hydrogen) atoms. The Kier molecular flexibility index (Phi) is 21.3. The van der Waals surface area contributed by atoms with Crippen LogP contribution in [0.15, 0.2) is 36.4 Å². The number of allylic oxidation sites excluding steroid dienone is 1. The summed E-state index contributed by atoms with van der Waals surface area (Å²) in [6.45, 7) is 3.49. The number of aliphatic hydroxyl groups excluding tert-OH is 2. The Labute approximate surface area is 274 Å². The lowest BCUT2D eigenvalue weighted by Crippen LogP contribution is -2.57. The number of esters is 1. The molecule has 0 fully saturated rings. The van der Waals surface area contributed by atoms with Gasteiger partial charge in [0.1, 0.15) is 30.4 Å². The molecule has 0 amide bonds. The molecule has 0 saturated heterocycles. The summed E-state index contributed by atoms with van der Waals surface area (Å²) >= 11 is 0. The van der Waals surface area contributed by atoms with Crippen LogP contribution in [0.5, 0.6) is 5.75 Å². The molecule has 10 heteroatoms. The number of ether oxygens (including phenoxy) is 2. The minimum atomic E-state index is -2.50. The molecule has 0 aliphatic rings. The number of hydrogen-bond donors (Lipinski definition) is 5. The highest BCUT2D eigenvalue weighted by atomic mass is 16.5. The smallest absolute Gasteiger partial charge is 0.336 e. The van der Waals surface area contributed by atoms with E-state index in [2.05, 4.69) is 24.1 Å². The highest BCUT2D eigenvalue weighted by molar-refractivity contribution is 5.79. The van der Waals surface area contributed by atoms with Crippen molar-refractivity contribution in [3.8, 4) is 17.6 Å². The number of nitrogens with one attached hydrogen (secondary N) is 1. The van der Waals surface area contributed by atoms with E-state index in [9.17, 15) is 34.8 Å². The van der Waals surface area contributed by atoms with Gasteiger partial charge >= 0.3 is 11.9 Å². The largest absolute Gasteiger partial charge is 0.481 e. The van der Waals surface area contributed by atoms with Gasteiger partial charge in [-0.25, -0.2) is 4.79 Å². The van der Waals surface area contributed by atoms with E-state index in [1.54, 1.807) is 37.3 Å². The third kappa shape index (κ3) is 15.9. The number of carbonyl (C=O) groups is 3. The van der Waals surface area contributed by atoms with Crippen LogP contribution in [-0.4, -0.2) is 76.3 Å². The molecular formula is C36H55NO9. The molecule has 5 N–H and O–H groups in total. The van der Waals surface area contributed by atoms with E-state index in [0.717, 1.165) is 38.5 Å². The minimum Gasteiger partial charge on any atom is -0.481 e. The van der Waals surface area contributed by atoms with E-state index in [-0.39, 0.29) is 13.0 Å². The zero-order valence-corrected chi connectivity index (χ0v) is 27.8. The third-order valence-corrected chi connectivity index (χ3v) is 7.94. The summed E-state index contributed by atoms with van der Waals surface area (Å²) in [5.41, 5.74) is -1.79. The van der Waals surface area contributed by atoms with Crippen molar-refractivity contribution >= 4 is 17.7 Å². The average molecular weight is 646 g/mol. The second-order valence-electron chi connectivity index (χ2n) is 11.6. The molecule has 0 aliphatic carbocycles. The standard InChI is InChI=1S/C36H55NO9/c1-4-6-8-11-14-17-29(39)18-15-12-9-10-13-16-19-31(36(44,24-25-38)35(42)43)33(40)37-32(34(41)45-3)27-28-20-22-30(23-21-28)46-26-7-5-2/h16,19-23,31-33,37-38,40,44H,4,6,8-15,17-18,24-27H2,1-3H3,(H,42,43)/b19-16+/t31-,32+,33?,36+/m1/s1. The average Bonchev–Trinajstić information content (AvgIpc) is 3.04. The number of hydrogen-bond acceptors (Lipinski definition) is 9. The molecule has 258 valence electrons. The first-order valence-corrected chi connectivity index (χ1v) is 16.5. The van der Waals surface area contributed by atoms with Crippen LogP contribution in [0.2, 0.25) is 0 Å². The van der Waals surface area contributed by atoms with E-state index in [4.69, 9.17) is 9.47 Å². The van der Waals surface area contributed by atoms with Crippen LogP contribution in [-0.2, 0) is 25.5 Å². The van der Waals surface area contributed by atoms with Crippen LogP contribution >= 0.6 is 0 Å². The van der Waals surface area contributed by atoms with Gasteiger partial charge in [-0.2, -0.15) is 0 Å². The molecule has 1 aromatic carbocycles. The normalized spacial score (nSPS) is 14.5. The van der Waals surface area contributed by atoms with E-state index >= 15 is 0 Å². The van der Waals surface area contributed by atoms with Crippen LogP contribution in [0, 0.1) is 17.8 Å². The zero-order valence-electron chi connectivity index (χ0n) is 27.8. The van der Waals surface area contributed by atoms with Crippen LogP contribution in [0.3, 0.4) is 0 Å². The summed E-state index contributed by atoms with van der Waals surface area (Å²) in [5.74, 6) is 2.77. The van der Waals surface area contributed by atoms with Crippen molar-refractivity contribution in [2.45, 2.75) is 122 Å². The van der Waals surface area contributed by atoms with Crippen molar-refractivity contribution < 1.29 is 44.3 Å². The van der Waals surface area contributed by atoms with Crippen LogP contribution in [0.25, 0.3) is 0 Å². The Bertz CT molecular complexity index is 1110. The number of Topliss-reactive ketones (excluding diaryl/α,β-unsaturated/α-hetero) is 1. The van der Waals surface area contributed by atoms with Crippen LogP contribution < -0.4 is 10.1 Å². The highest BCUT2D eigenvalue weighted by Gasteiger charge is 2.46. The third-order valence-electron chi connectivity index (χ3n) is 7.94. The Morgan fingerprint density at radius 1 is 1.00 bits per heavy atom. The number of aliphatic hydroxyl groups is 3. The molecule has 0 spiro atoms. The van der Waals surface area contributed by atoms with Crippen molar-refractivity contribution in [3.05, 3.63) is 42.0 Å². The van der Waals surface area contributed by atoms with Gasteiger partial charge in [-0.1, -0.05) is 75.7 Å². The Morgan fingerprint density at radius 2 is 1.63 bits per heavy atom. The first-order valence-electron chi connectivity index (χ1n) is 16.5. The lowest BCUT2D eigenvalue weighted by Gasteiger charge is -2.35. The summed E-state index contributed by atoms with van der Waals surface area (Å²) in [6, 6.07) is 5.88. The first-order chi connectivity index (χ1) is 22.1. The summed E-state index contributed by atoms with van der Waals surface area (Å²) < 4.78 is 10.4. The Balaban J connectivity index is 2.81. The number of aliphatic carboxylic acids is 1. The second-order valence-corrected chi connectivity index (χ2v) is 11.6. The molecule has 1 aromatic rings. The van der Waals surface area contributed by atoms with Gasteiger partial charge in [-0.3, -0.25) is 14.9 Å². The van der Waals surface area contributed by atoms with Crippen molar-refractivity contribution in [3.63, 3.8) is 0 Å². The molecule has 0 bridgehead atoms.